The molecule has 0 fully saturated rings. The Bertz CT molecular complexity index is 1110. The van der Waals surface area contributed by atoms with Crippen molar-refractivity contribution < 1.29 is 13.2 Å². The number of halogens is 1. The van der Waals surface area contributed by atoms with E-state index in [9.17, 15) is 13.2 Å². The number of hydrogen-bond donors (Lipinski definition) is 1. The van der Waals surface area contributed by atoms with E-state index in [1.807, 2.05) is 37.3 Å². The zero-order chi connectivity index (χ0) is 21.7. The Labute approximate surface area is 180 Å². The topological polar surface area (TPSA) is 92.3 Å². The highest BCUT2D eigenvalue weighted by molar-refractivity contribution is 7.89. The second-order valence-corrected chi connectivity index (χ2v) is 9.19. The van der Waals surface area contributed by atoms with Gasteiger partial charge in [0, 0.05) is 24.5 Å². The Kier molecular flexibility index (Phi) is 6.81. The van der Waals surface area contributed by atoms with Crippen LogP contribution in [0.15, 0.2) is 71.9 Å². The molecule has 0 aliphatic heterocycles. The Balaban J connectivity index is 1.65. The van der Waals surface area contributed by atoms with Crippen LogP contribution in [-0.2, 0) is 16.6 Å². The molecule has 1 atom stereocenters. The molecule has 9 heteroatoms. The standard InChI is InChI=1S/C21H21ClN4O3S/c1-15(16-6-4-3-5-7-16)25-21(27)17-12-23-20(24-13-17)14-26(2)30(28,29)19-10-8-18(22)9-11-19/h3-13,15H,14H2,1-2H3,(H,25,27)/t15-/m0/s1. The van der Waals surface area contributed by atoms with Crippen LogP contribution in [0.25, 0.3) is 0 Å². The number of benzene rings is 2. The molecule has 0 radical (unpaired) electrons. The maximum absolute atomic E-state index is 12.6. The minimum absolute atomic E-state index is 0.0344. The van der Waals surface area contributed by atoms with Crippen molar-refractivity contribution in [3.05, 3.63) is 89.0 Å². The summed E-state index contributed by atoms with van der Waals surface area (Å²) < 4.78 is 26.4. The second kappa shape index (κ2) is 9.34. The lowest BCUT2D eigenvalue weighted by Crippen LogP contribution is -2.28. The van der Waals surface area contributed by atoms with Gasteiger partial charge in [-0.15, -0.1) is 0 Å². The molecule has 1 aromatic heterocycles. The Hall–Kier alpha value is -2.81. The van der Waals surface area contributed by atoms with Gasteiger partial charge in [0.1, 0.15) is 5.82 Å². The summed E-state index contributed by atoms with van der Waals surface area (Å²) in [6, 6.07) is 15.3. The van der Waals surface area contributed by atoms with Gasteiger partial charge >= 0.3 is 0 Å². The number of nitrogens with one attached hydrogen (secondary N) is 1. The summed E-state index contributed by atoms with van der Waals surface area (Å²) in [6.45, 7) is 1.85. The number of aromatic nitrogens is 2. The van der Waals surface area contributed by atoms with E-state index in [-0.39, 0.29) is 29.2 Å². The van der Waals surface area contributed by atoms with Gasteiger partial charge in [0.2, 0.25) is 10.0 Å². The van der Waals surface area contributed by atoms with Crippen LogP contribution in [0.2, 0.25) is 5.02 Å². The predicted octanol–water partition coefficient (Wildman–Crippen LogP) is 3.44. The third-order valence-corrected chi connectivity index (χ3v) is 6.57. The lowest BCUT2D eigenvalue weighted by Gasteiger charge is -2.17. The lowest BCUT2D eigenvalue weighted by molar-refractivity contribution is 0.0939. The van der Waals surface area contributed by atoms with Crippen molar-refractivity contribution in [2.24, 2.45) is 0 Å². The molecule has 1 N–H and O–H groups in total. The number of hydrogen-bond acceptors (Lipinski definition) is 5. The first kappa shape index (κ1) is 21.9. The van der Waals surface area contributed by atoms with Gasteiger partial charge in [0.15, 0.2) is 0 Å². The molecule has 156 valence electrons. The van der Waals surface area contributed by atoms with E-state index >= 15 is 0 Å². The van der Waals surface area contributed by atoms with Crippen molar-refractivity contribution in [2.75, 3.05) is 7.05 Å². The Morgan fingerprint density at radius 3 is 2.27 bits per heavy atom. The number of carbonyl (C=O) groups excluding carboxylic acids is 1. The molecule has 0 bridgehead atoms. The highest BCUT2D eigenvalue weighted by Crippen LogP contribution is 2.18. The highest BCUT2D eigenvalue weighted by Gasteiger charge is 2.22. The van der Waals surface area contributed by atoms with Crippen LogP contribution in [0.4, 0.5) is 0 Å². The average Bonchev–Trinajstić information content (AvgIpc) is 2.75. The lowest BCUT2D eigenvalue weighted by atomic mass is 10.1. The van der Waals surface area contributed by atoms with E-state index in [4.69, 9.17) is 11.6 Å². The van der Waals surface area contributed by atoms with E-state index < -0.39 is 10.0 Å². The van der Waals surface area contributed by atoms with Gasteiger partial charge in [0.05, 0.1) is 23.0 Å². The van der Waals surface area contributed by atoms with Crippen molar-refractivity contribution >= 4 is 27.5 Å². The largest absolute Gasteiger partial charge is 0.345 e. The first-order chi connectivity index (χ1) is 14.3. The smallest absolute Gasteiger partial charge is 0.254 e. The van der Waals surface area contributed by atoms with Crippen LogP contribution in [0, 0.1) is 0 Å². The summed E-state index contributed by atoms with van der Waals surface area (Å²) in [6.07, 6.45) is 2.77. The van der Waals surface area contributed by atoms with E-state index in [0.717, 1.165) is 9.87 Å². The first-order valence-corrected chi connectivity index (χ1v) is 11.0. The maximum atomic E-state index is 12.6. The Morgan fingerprint density at radius 1 is 1.07 bits per heavy atom. The quantitative estimate of drug-likeness (QED) is 0.602. The minimum Gasteiger partial charge on any atom is -0.345 e. The van der Waals surface area contributed by atoms with E-state index in [1.165, 1.54) is 43.7 Å². The van der Waals surface area contributed by atoms with E-state index in [1.54, 1.807) is 0 Å². The molecule has 3 rings (SSSR count). The Morgan fingerprint density at radius 2 is 1.67 bits per heavy atom. The SMILES string of the molecule is C[C@H](NC(=O)c1cnc(CN(C)S(=O)(=O)c2ccc(Cl)cc2)nc1)c1ccccc1. The fraction of sp³-hybridized carbons (Fsp3) is 0.190. The molecule has 1 heterocycles. The number of carbonyl (C=O) groups is 1. The zero-order valence-corrected chi connectivity index (χ0v) is 18.1. The average molecular weight is 445 g/mol. The molecule has 2 aromatic carbocycles. The van der Waals surface area contributed by atoms with Gasteiger partial charge in [-0.25, -0.2) is 18.4 Å². The van der Waals surface area contributed by atoms with Gasteiger partial charge in [-0.2, -0.15) is 4.31 Å². The molecular formula is C21H21ClN4O3S. The van der Waals surface area contributed by atoms with E-state index in [2.05, 4.69) is 15.3 Å². The molecule has 0 spiro atoms. The molecule has 3 aromatic rings. The number of rotatable bonds is 7. The van der Waals surface area contributed by atoms with Crippen molar-refractivity contribution in [1.82, 2.24) is 19.6 Å². The van der Waals surface area contributed by atoms with Crippen LogP contribution in [0.3, 0.4) is 0 Å². The van der Waals surface area contributed by atoms with Crippen LogP contribution < -0.4 is 5.32 Å². The minimum atomic E-state index is -3.71. The predicted molar refractivity (Wildman–Crippen MR) is 114 cm³/mol. The van der Waals surface area contributed by atoms with Gasteiger partial charge in [0.25, 0.3) is 5.91 Å². The van der Waals surface area contributed by atoms with Crippen LogP contribution in [-0.4, -0.2) is 35.6 Å². The number of sulfonamides is 1. The van der Waals surface area contributed by atoms with Crippen LogP contribution in [0.1, 0.15) is 34.7 Å². The highest BCUT2D eigenvalue weighted by atomic mass is 35.5. The summed E-state index contributed by atoms with van der Waals surface area (Å²) in [5, 5.41) is 3.34. The zero-order valence-electron chi connectivity index (χ0n) is 16.5. The second-order valence-electron chi connectivity index (χ2n) is 6.71. The van der Waals surface area contributed by atoms with Crippen LogP contribution in [0.5, 0.6) is 0 Å². The number of nitrogens with zero attached hydrogens (tertiary/aromatic N) is 3. The molecular weight excluding hydrogens is 424 g/mol. The van der Waals surface area contributed by atoms with Gasteiger partial charge in [-0.3, -0.25) is 4.79 Å². The van der Waals surface area contributed by atoms with Crippen LogP contribution >= 0.6 is 11.6 Å². The van der Waals surface area contributed by atoms with Gasteiger partial charge in [-0.1, -0.05) is 41.9 Å². The van der Waals surface area contributed by atoms with Gasteiger partial charge in [-0.05, 0) is 36.8 Å². The summed E-state index contributed by atoms with van der Waals surface area (Å²) in [7, 11) is -2.27. The summed E-state index contributed by atoms with van der Waals surface area (Å²) in [5.41, 5.74) is 1.28. The summed E-state index contributed by atoms with van der Waals surface area (Å²) >= 11 is 5.82. The molecule has 0 saturated carbocycles. The van der Waals surface area contributed by atoms with Gasteiger partial charge < -0.3 is 5.32 Å². The molecule has 0 saturated heterocycles. The third kappa shape index (κ3) is 5.21. The fourth-order valence-electron chi connectivity index (χ4n) is 2.73. The normalized spacial score (nSPS) is 12.5. The number of amides is 1. The fourth-order valence-corrected chi connectivity index (χ4v) is 3.98. The summed E-state index contributed by atoms with van der Waals surface area (Å²) in [5.74, 6) is -0.0252. The molecule has 1 amide bonds. The van der Waals surface area contributed by atoms with Crippen molar-refractivity contribution in [1.29, 1.82) is 0 Å². The molecule has 30 heavy (non-hydrogen) atoms. The molecule has 7 nitrogen and oxygen atoms in total. The van der Waals surface area contributed by atoms with Crippen molar-refractivity contribution in [3.8, 4) is 0 Å². The summed E-state index contributed by atoms with van der Waals surface area (Å²) in [4.78, 5) is 20.8. The van der Waals surface area contributed by atoms with E-state index in [0.29, 0.717) is 10.6 Å². The first-order valence-electron chi connectivity index (χ1n) is 9.16. The monoisotopic (exact) mass is 444 g/mol. The molecule has 0 aliphatic rings. The van der Waals surface area contributed by atoms with Crippen molar-refractivity contribution in [3.63, 3.8) is 0 Å². The molecule has 0 unspecified atom stereocenters. The third-order valence-electron chi connectivity index (χ3n) is 4.50. The van der Waals surface area contributed by atoms with Crippen molar-refractivity contribution in [2.45, 2.75) is 24.4 Å². The maximum Gasteiger partial charge on any atom is 0.254 e. The molecule has 0 aliphatic carbocycles.